The van der Waals surface area contributed by atoms with Gasteiger partial charge in [0.1, 0.15) is 5.82 Å². The fourth-order valence-corrected chi connectivity index (χ4v) is 19.2. The summed E-state index contributed by atoms with van der Waals surface area (Å²) in [6.07, 6.45) is 1.63. The Hall–Kier alpha value is -9.02. The maximum absolute atomic E-state index is 5.55. The minimum atomic E-state index is -0.446. The summed E-state index contributed by atoms with van der Waals surface area (Å²) in [6, 6.07) is 133. The summed E-state index contributed by atoms with van der Waals surface area (Å²) in [4.78, 5) is 8.05. The predicted molar refractivity (Wildman–Crippen MR) is 396 cm³/mol. The molecule has 0 unspecified atom stereocenters. The second-order valence-electron chi connectivity index (χ2n) is 20.4. The van der Waals surface area contributed by atoms with Gasteiger partial charge in [-0.15, -0.1) is 0 Å². The molecule has 0 saturated carbocycles. The van der Waals surface area contributed by atoms with Crippen LogP contribution < -0.4 is 74.1 Å². The number of nitrogens with two attached hydrogens (primary N) is 1. The predicted octanol–water partition coefficient (Wildman–Crippen LogP) is 15.4. The van der Waals surface area contributed by atoms with Gasteiger partial charge in [0, 0.05) is 27.3 Å². The third-order valence-electron chi connectivity index (χ3n) is 14.1. The van der Waals surface area contributed by atoms with Gasteiger partial charge in [0.15, 0.2) is 11.7 Å². The molecule has 2 aromatic heterocycles. The fourth-order valence-electron chi connectivity index (χ4n) is 10.00. The Labute approximate surface area is 561 Å². The zero-order valence-corrected chi connectivity index (χ0v) is 56.4. The summed E-state index contributed by atoms with van der Waals surface area (Å²) in [5, 5.41) is 16.8. The molecule has 0 atom stereocenters. The topological polar surface area (TPSA) is 74.2 Å². The third kappa shape index (κ3) is 19.5. The van der Waals surface area contributed by atoms with E-state index < -0.39 is 31.7 Å². The van der Waals surface area contributed by atoms with E-state index in [-0.39, 0.29) is 20.4 Å². The van der Waals surface area contributed by atoms with Gasteiger partial charge in [0.05, 0.1) is 18.9 Å². The van der Waals surface area contributed by atoms with E-state index in [2.05, 4.69) is 374 Å². The van der Waals surface area contributed by atoms with E-state index in [4.69, 9.17) is 14.9 Å². The van der Waals surface area contributed by atoms with Crippen molar-refractivity contribution in [2.45, 2.75) is 6.92 Å². The number of ether oxygens (including phenoxy) is 1. The number of aryl methyl sites for hydroxylation is 1. The molecule has 0 aliphatic carbocycles. The molecular weight excluding hydrogens is 1290 g/mol. The van der Waals surface area contributed by atoms with Crippen molar-refractivity contribution in [3.05, 3.63) is 388 Å². The van der Waals surface area contributed by atoms with Crippen LogP contribution in [0.3, 0.4) is 0 Å². The Balaban J connectivity index is 0.000000136. The van der Waals surface area contributed by atoms with E-state index in [9.17, 15) is 0 Å². The maximum Gasteiger partial charge on any atom is 0.226 e. The van der Waals surface area contributed by atoms with Crippen LogP contribution in [0.2, 0.25) is 0 Å². The standard InChI is InChI=1S/4C18H15P.C10H11N3O2.Pd/c4*1-4-10-16(11-5-1)19(17-12-6-2-7-13-17)18-14-8-3-9-15-18;1-6-12-5-8(15-6)7-3-4-9(11)13-10(7)14-2;/h4*1-15H;3-5H,1-2H3,(H2,11,13);. The number of pyridine rings is 1. The Morgan fingerprint density at radius 1 is 0.283 bits per heavy atom. The zero-order valence-electron chi connectivity index (χ0n) is 51.3. The molecule has 2 heterocycles. The summed E-state index contributed by atoms with van der Waals surface area (Å²) in [5.41, 5.74) is 6.29. The first-order valence-electron chi connectivity index (χ1n) is 30.0. The van der Waals surface area contributed by atoms with E-state index in [1.54, 1.807) is 25.3 Å². The molecule has 10 heteroatoms. The monoisotopic (exact) mass is 1360 g/mol. The first-order valence-corrected chi connectivity index (χ1v) is 35.4. The molecule has 14 aromatic rings. The van der Waals surface area contributed by atoms with E-state index in [1.807, 2.05) is 0 Å². The molecule has 0 saturated heterocycles. The van der Waals surface area contributed by atoms with E-state index in [0.29, 0.717) is 23.3 Å². The first kappa shape index (κ1) is 67.4. The van der Waals surface area contributed by atoms with Crippen LogP contribution in [0.15, 0.2) is 387 Å². The quantitative estimate of drug-likeness (QED) is 0.0867. The molecular formula is C82H71N3O2P4Pd. The molecule has 5 nitrogen and oxygen atoms in total. The van der Waals surface area contributed by atoms with Gasteiger partial charge in [0.2, 0.25) is 5.88 Å². The second-order valence-corrected chi connectivity index (χ2v) is 29.3. The van der Waals surface area contributed by atoms with Gasteiger partial charge in [-0.1, -0.05) is 364 Å². The van der Waals surface area contributed by atoms with Crippen molar-refractivity contribution in [2.75, 3.05) is 12.8 Å². The summed E-state index contributed by atoms with van der Waals surface area (Å²) >= 11 is 0. The number of nitrogens with zero attached hydrogens (tertiary/aromatic N) is 2. The average Bonchev–Trinajstić information content (AvgIpc) is 1.44. The Kier molecular flexibility index (Phi) is 26.9. The molecule has 0 aliphatic rings. The molecule has 92 heavy (non-hydrogen) atoms. The van der Waals surface area contributed by atoms with Crippen LogP contribution in [0.1, 0.15) is 5.89 Å². The van der Waals surface area contributed by atoms with Crippen molar-refractivity contribution in [1.29, 1.82) is 0 Å². The summed E-state index contributed by atoms with van der Waals surface area (Å²) < 4.78 is 10.5. The normalized spacial score (nSPS) is 10.4. The van der Waals surface area contributed by atoms with Crippen LogP contribution >= 0.6 is 31.7 Å². The van der Waals surface area contributed by atoms with Gasteiger partial charge < -0.3 is 14.9 Å². The van der Waals surface area contributed by atoms with Crippen LogP contribution in [0.25, 0.3) is 11.3 Å². The molecule has 12 aromatic carbocycles. The smallest absolute Gasteiger partial charge is 0.226 e. The number of oxazole rings is 1. The van der Waals surface area contributed by atoms with Crippen molar-refractivity contribution in [1.82, 2.24) is 9.97 Å². The van der Waals surface area contributed by atoms with Crippen LogP contribution in [0.5, 0.6) is 5.88 Å². The Morgan fingerprint density at radius 3 is 0.620 bits per heavy atom. The van der Waals surface area contributed by atoms with Crippen LogP contribution in [-0.4, -0.2) is 17.1 Å². The van der Waals surface area contributed by atoms with Crippen LogP contribution in [-0.2, 0) is 20.4 Å². The molecule has 2 N–H and O–H groups in total. The number of nitrogen functional groups attached to an aromatic ring is 1. The Bertz CT molecular complexity index is 3430. The molecule has 0 aliphatic heterocycles. The van der Waals surface area contributed by atoms with Crippen molar-refractivity contribution in [3.8, 4) is 17.2 Å². The molecule has 0 fully saturated rings. The number of anilines is 1. The summed E-state index contributed by atoms with van der Waals surface area (Å²) in [5.74, 6) is 2.07. The third-order valence-corrected chi connectivity index (χ3v) is 23.9. The van der Waals surface area contributed by atoms with Gasteiger partial charge in [-0.05, 0) is 107 Å². The minimum absolute atomic E-state index is 0. The number of rotatable bonds is 14. The molecule has 0 radical (unpaired) electrons. The minimum Gasteiger partial charge on any atom is -0.480 e. The van der Waals surface area contributed by atoms with Crippen molar-refractivity contribution < 1.29 is 29.6 Å². The summed E-state index contributed by atoms with van der Waals surface area (Å²) in [6.45, 7) is 1.78. The van der Waals surface area contributed by atoms with Crippen molar-refractivity contribution >= 4 is 101 Å². The number of hydrogen-bond acceptors (Lipinski definition) is 5. The van der Waals surface area contributed by atoms with Gasteiger partial charge in [-0.25, -0.2) is 4.98 Å². The number of hydrogen-bond donors (Lipinski definition) is 1. The fraction of sp³-hybridized carbons (Fsp3) is 0.0244. The van der Waals surface area contributed by atoms with Gasteiger partial charge in [-0.2, -0.15) is 4.98 Å². The molecule has 0 spiro atoms. The van der Waals surface area contributed by atoms with E-state index >= 15 is 0 Å². The van der Waals surface area contributed by atoms with Gasteiger partial charge in [-0.3, -0.25) is 0 Å². The van der Waals surface area contributed by atoms with Crippen molar-refractivity contribution in [3.63, 3.8) is 0 Å². The van der Waals surface area contributed by atoms with Gasteiger partial charge >= 0.3 is 0 Å². The number of benzene rings is 12. The zero-order chi connectivity index (χ0) is 62.5. The average molecular weight is 1360 g/mol. The van der Waals surface area contributed by atoms with E-state index in [0.717, 1.165) is 5.56 Å². The van der Waals surface area contributed by atoms with Gasteiger partial charge in [0.25, 0.3) is 0 Å². The molecule has 456 valence electrons. The molecule has 0 amide bonds. The van der Waals surface area contributed by atoms with E-state index in [1.165, 1.54) is 70.8 Å². The SMILES string of the molecule is COc1nc(N)ccc1-c1cnc(C)o1.[Pd].c1ccc(P(c2ccccc2)c2ccccc2)cc1.c1ccc(P(c2ccccc2)c2ccccc2)cc1.c1ccc(P(c2ccccc2)c2ccccc2)cc1.c1ccc(P(c2ccccc2)c2ccccc2)cc1. The summed E-state index contributed by atoms with van der Waals surface area (Å²) in [7, 11) is -0.248. The first-order chi connectivity index (χ1) is 45.0. The number of methoxy groups -OCH3 is 1. The second kappa shape index (κ2) is 36.7. The maximum atomic E-state index is 5.55. The number of aromatic nitrogens is 2. The largest absolute Gasteiger partial charge is 0.480 e. The van der Waals surface area contributed by atoms with Crippen molar-refractivity contribution in [2.24, 2.45) is 0 Å². The molecule has 14 rings (SSSR count). The van der Waals surface area contributed by atoms with Crippen LogP contribution in [0, 0.1) is 6.92 Å². The Morgan fingerprint density at radius 2 is 0.467 bits per heavy atom. The molecule has 0 bridgehead atoms. The van der Waals surface area contributed by atoms with Crippen LogP contribution in [0.4, 0.5) is 5.82 Å².